The molecule has 35 heavy (non-hydrogen) atoms. The quantitative estimate of drug-likeness (QED) is 0.305. The lowest BCUT2D eigenvalue weighted by Gasteiger charge is -2.42. The molecule has 3 fully saturated rings. The summed E-state index contributed by atoms with van der Waals surface area (Å²) in [6, 6.07) is -0.192. The lowest BCUT2D eigenvalue weighted by Crippen LogP contribution is -2.55. The van der Waals surface area contributed by atoms with E-state index in [0.29, 0.717) is 19.2 Å². The fourth-order valence-electron chi connectivity index (χ4n) is 5.73. The van der Waals surface area contributed by atoms with E-state index in [9.17, 15) is 14.7 Å². The zero-order chi connectivity index (χ0) is 23.8. The Morgan fingerprint density at radius 2 is 1.66 bits per heavy atom. The summed E-state index contributed by atoms with van der Waals surface area (Å²) in [6.45, 7) is 2.80. The fourth-order valence-corrected chi connectivity index (χ4v) is 5.73. The van der Waals surface area contributed by atoms with Crippen molar-refractivity contribution in [3.63, 3.8) is 0 Å². The minimum Gasteiger partial charge on any atom is -0.481 e. The Bertz CT molecular complexity index is 672. The Hall–Kier alpha value is -1.29. The largest absolute Gasteiger partial charge is 0.481 e. The Balaban J connectivity index is 0.00000306. The first kappa shape index (κ1) is 31.7. The number of rotatable bonds is 9. The number of nitrogens with two attached hydrogens (primary N) is 1. The van der Waals surface area contributed by atoms with Crippen LogP contribution in [0.15, 0.2) is 0 Å². The van der Waals surface area contributed by atoms with Gasteiger partial charge in [0.1, 0.15) is 0 Å². The number of likely N-dealkylation sites (N-methyl/N-ethyl adjacent to an activating group) is 1. The summed E-state index contributed by atoms with van der Waals surface area (Å²) in [5, 5.41) is 17.1. The number of nitrogens with zero attached hydrogens (tertiary/aromatic N) is 3. The molecule has 1 saturated carbocycles. The van der Waals surface area contributed by atoms with Gasteiger partial charge >= 0.3 is 5.97 Å². The Morgan fingerprint density at radius 1 is 1.03 bits per heavy atom. The molecule has 2 heterocycles. The molecule has 1 unspecified atom stereocenters. The van der Waals surface area contributed by atoms with Crippen LogP contribution in [-0.4, -0.2) is 95.2 Å². The number of carbonyl (C=O) groups is 2. The van der Waals surface area contributed by atoms with E-state index < -0.39 is 12.0 Å². The zero-order valence-corrected chi connectivity index (χ0v) is 22.7. The van der Waals surface area contributed by atoms with Crippen LogP contribution in [0.5, 0.6) is 0 Å². The number of ether oxygens (including phenoxy) is 1. The Labute approximate surface area is 222 Å². The number of carboxylic acid groups (broad SMARTS) is 1. The number of amides is 1. The minimum absolute atomic E-state index is 0. The molecule has 4 N–H and O–H groups in total. The fraction of sp³-hybridized carbons (Fsp3) is 0.875. The lowest BCUT2D eigenvalue weighted by atomic mass is 9.92. The average Bonchev–Trinajstić information content (AvgIpc) is 2.83. The summed E-state index contributed by atoms with van der Waals surface area (Å²) in [4.78, 5) is 31.2. The first-order chi connectivity index (χ1) is 15.9. The van der Waals surface area contributed by atoms with Crippen molar-refractivity contribution >= 4 is 42.7 Å². The third-order valence-electron chi connectivity index (χ3n) is 7.79. The second kappa shape index (κ2) is 15.7. The van der Waals surface area contributed by atoms with Crippen LogP contribution < -0.4 is 5.73 Å². The number of aliphatic carboxylic acids is 1. The van der Waals surface area contributed by atoms with Gasteiger partial charge < -0.3 is 25.4 Å². The number of carboxylic acids is 1. The molecule has 0 aromatic carbocycles. The van der Waals surface area contributed by atoms with Gasteiger partial charge in [-0.05, 0) is 58.4 Å². The Kier molecular flexibility index (Phi) is 14.3. The van der Waals surface area contributed by atoms with E-state index in [1.54, 1.807) is 0 Å². The van der Waals surface area contributed by atoms with Gasteiger partial charge in [-0.2, -0.15) is 0 Å². The Morgan fingerprint density at radius 3 is 2.26 bits per heavy atom. The number of hydrogen-bond donors (Lipinski definition) is 3. The standard InChI is InChI=1S/C24H43N5O4.2ClH/c1-27(18-7-3-2-4-8-18)21(17-22(30)31)23(32)29-13-6-5-9-19(29)12-16-33-20-10-14-28(15-11-20)24(25)26;;/h18-21H,2-17H2,1H3,(H3,25,26)(H,30,31);2*1H/t19?,21-;;/m0../s1. The van der Waals surface area contributed by atoms with Crippen molar-refractivity contribution < 1.29 is 19.4 Å². The highest BCUT2D eigenvalue weighted by atomic mass is 35.5. The molecule has 9 nitrogen and oxygen atoms in total. The van der Waals surface area contributed by atoms with Gasteiger partial charge in [0.2, 0.25) is 5.91 Å². The van der Waals surface area contributed by atoms with Crippen LogP contribution in [0.2, 0.25) is 0 Å². The average molecular weight is 539 g/mol. The molecule has 1 amide bonds. The molecule has 204 valence electrons. The van der Waals surface area contributed by atoms with Crippen molar-refractivity contribution in [2.45, 2.75) is 101 Å². The van der Waals surface area contributed by atoms with Crippen molar-refractivity contribution in [2.75, 3.05) is 33.3 Å². The maximum absolute atomic E-state index is 13.6. The van der Waals surface area contributed by atoms with Crippen LogP contribution in [-0.2, 0) is 14.3 Å². The predicted octanol–water partition coefficient (Wildman–Crippen LogP) is 3.08. The number of piperidine rings is 2. The molecule has 3 rings (SSSR count). The number of nitrogens with one attached hydrogen (secondary N) is 1. The maximum Gasteiger partial charge on any atom is 0.305 e. The molecule has 0 aromatic heterocycles. The molecule has 11 heteroatoms. The lowest BCUT2D eigenvalue weighted by molar-refractivity contribution is -0.149. The van der Waals surface area contributed by atoms with Crippen LogP contribution in [0.3, 0.4) is 0 Å². The highest BCUT2D eigenvalue weighted by Gasteiger charge is 2.37. The second-order valence-electron chi connectivity index (χ2n) is 9.98. The molecule has 3 aliphatic rings. The van der Waals surface area contributed by atoms with Crippen molar-refractivity contribution in [3.8, 4) is 0 Å². The van der Waals surface area contributed by atoms with Crippen LogP contribution in [0.25, 0.3) is 0 Å². The van der Waals surface area contributed by atoms with Gasteiger partial charge in [0.15, 0.2) is 5.96 Å². The smallest absolute Gasteiger partial charge is 0.305 e. The van der Waals surface area contributed by atoms with E-state index in [1.807, 2.05) is 16.8 Å². The van der Waals surface area contributed by atoms with E-state index in [0.717, 1.165) is 77.3 Å². The molecule has 0 aromatic rings. The van der Waals surface area contributed by atoms with Crippen LogP contribution in [0.1, 0.15) is 77.0 Å². The number of guanidine groups is 1. The molecule has 2 atom stereocenters. The second-order valence-corrected chi connectivity index (χ2v) is 9.98. The summed E-state index contributed by atoms with van der Waals surface area (Å²) in [5.41, 5.74) is 5.57. The van der Waals surface area contributed by atoms with Gasteiger partial charge in [-0.25, -0.2) is 0 Å². The first-order valence-corrected chi connectivity index (χ1v) is 12.8. The summed E-state index contributed by atoms with van der Waals surface area (Å²) in [7, 11) is 1.94. The van der Waals surface area contributed by atoms with Gasteiger partial charge in [0, 0.05) is 38.3 Å². The summed E-state index contributed by atoms with van der Waals surface area (Å²) < 4.78 is 6.13. The topological polar surface area (TPSA) is 123 Å². The highest BCUT2D eigenvalue weighted by molar-refractivity contribution is 5.86. The summed E-state index contributed by atoms with van der Waals surface area (Å²) in [6.07, 6.45) is 11.2. The van der Waals surface area contributed by atoms with Gasteiger partial charge in [-0.15, -0.1) is 24.8 Å². The summed E-state index contributed by atoms with van der Waals surface area (Å²) in [5.74, 6) is -0.811. The zero-order valence-electron chi connectivity index (χ0n) is 21.0. The monoisotopic (exact) mass is 537 g/mol. The van der Waals surface area contributed by atoms with Gasteiger partial charge in [0.25, 0.3) is 0 Å². The normalized spacial score (nSPS) is 22.7. The maximum atomic E-state index is 13.6. The van der Waals surface area contributed by atoms with E-state index in [1.165, 1.54) is 6.42 Å². The number of hydrogen-bond acceptors (Lipinski definition) is 5. The van der Waals surface area contributed by atoms with Gasteiger partial charge in [-0.3, -0.25) is 19.9 Å². The number of halogens is 2. The molecule has 2 saturated heterocycles. The SMILES string of the molecule is CN(C1CCCCC1)[C@@H](CC(=O)O)C(=O)N1CCCCC1CCOC1CCN(C(=N)N)CC1.Cl.Cl. The van der Waals surface area contributed by atoms with Crippen molar-refractivity contribution in [1.29, 1.82) is 5.41 Å². The molecule has 0 spiro atoms. The number of carbonyl (C=O) groups excluding carboxylic acids is 1. The van der Waals surface area contributed by atoms with Crippen LogP contribution >= 0.6 is 24.8 Å². The molecule has 2 aliphatic heterocycles. The van der Waals surface area contributed by atoms with E-state index in [2.05, 4.69) is 4.90 Å². The van der Waals surface area contributed by atoms with E-state index in [-0.39, 0.29) is 55.2 Å². The molecular weight excluding hydrogens is 493 g/mol. The van der Waals surface area contributed by atoms with Crippen LogP contribution in [0, 0.1) is 5.41 Å². The van der Waals surface area contributed by atoms with Gasteiger partial charge in [0.05, 0.1) is 18.6 Å². The molecule has 1 aliphatic carbocycles. The molecule has 0 radical (unpaired) electrons. The van der Waals surface area contributed by atoms with Crippen molar-refractivity contribution in [2.24, 2.45) is 5.73 Å². The van der Waals surface area contributed by atoms with Crippen LogP contribution in [0.4, 0.5) is 0 Å². The van der Waals surface area contributed by atoms with Crippen molar-refractivity contribution in [1.82, 2.24) is 14.7 Å². The third-order valence-corrected chi connectivity index (χ3v) is 7.79. The highest BCUT2D eigenvalue weighted by Crippen LogP contribution is 2.27. The summed E-state index contributed by atoms with van der Waals surface area (Å²) >= 11 is 0. The predicted molar refractivity (Wildman–Crippen MR) is 142 cm³/mol. The number of likely N-dealkylation sites (tertiary alicyclic amines) is 2. The molecular formula is C24H45Cl2N5O4. The van der Waals surface area contributed by atoms with Crippen molar-refractivity contribution in [3.05, 3.63) is 0 Å². The first-order valence-electron chi connectivity index (χ1n) is 12.8. The van der Waals surface area contributed by atoms with E-state index in [4.69, 9.17) is 15.9 Å². The van der Waals surface area contributed by atoms with Gasteiger partial charge in [-0.1, -0.05) is 19.3 Å². The third kappa shape index (κ3) is 9.26. The minimum atomic E-state index is -0.912. The van der Waals surface area contributed by atoms with E-state index >= 15 is 0 Å². The molecule has 0 bridgehead atoms.